The van der Waals surface area contributed by atoms with E-state index in [0.717, 1.165) is 27.8 Å². The van der Waals surface area contributed by atoms with E-state index in [4.69, 9.17) is 0 Å². The zero-order valence-corrected chi connectivity index (χ0v) is 14.0. The van der Waals surface area contributed by atoms with E-state index in [2.05, 4.69) is 10.2 Å². The number of sulfonamides is 1. The third-order valence-corrected chi connectivity index (χ3v) is 7.27. The molecule has 9 heteroatoms. The summed E-state index contributed by atoms with van der Waals surface area (Å²) in [5, 5.41) is 8.38. The van der Waals surface area contributed by atoms with Crippen LogP contribution in [0.3, 0.4) is 0 Å². The van der Waals surface area contributed by atoms with Crippen LogP contribution < -0.4 is 4.31 Å². The highest BCUT2D eigenvalue weighted by Gasteiger charge is 2.39. The first-order valence-corrected chi connectivity index (χ1v) is 9.34. The Hall–Kier alpha value is -2.26. The largest absolute Gasteiger partial charge is 0.285 e. The Morgan fingerprint density at radius 2 is 2.04 bits per heavy atom. The maximum Gasteiger partial charge on any atom is 0.274 e. The molecule has 1 aliphatic heterocycles. The van der Waals surface area contributed by atoms with Crippen LogP contribution in [-0.2, 0) is 10.0 Å². The smallest absolute Gasteiger partial charge is 0.274 e. The summed E-state index contributed by atoms with van der Waals surface area (Å²) >= 11 is 1.07. The Balaban J connectivity index is 2.02. The molecule has 0 saturated carbocycles. The van der Waals surface area contributed by atoms with E-state index in [9.17, 15) is 17.2 Å². The van der Waals surface area contributed by atoms with Crippen molar-refractivity contribution in [1.29, 1.82) is 0 Å². The molecule has 3 aromatic rings. The molecule has 2 aromatic heterocycles. The Morgan fingerprint density at radius 1 is 1.29 bits per heavy atom. The van der Waals surface area contributed by atoms with Crippen LogP contribution in [0.1, 0.15) is 18.5 Å². The molecule has 1 N–H and O–H groups in total. The number of H-pyrrole nitrogens is 1. The summed E-state index contributed by atoms with van der Waals surface area (Å²) < 4.78 is 54.9. The second-order valence-corrected chi connectivity index (χ2v) is 8.37. The topological polar surface area (TPSA) is 66.1 Å². The third-order valence-electron chi connectivity index (χ3n) is 4.01. The fourth-order valence-corrected chi connectivity index (χ4v) is 5.65. The summed E-state index contributed by atoms with van der Waals surface area (Å²) in [6, 6.07) is 4.39. The second-order valence-electron chi connectivity index (χ2n) is 5.38. The summed E-state index contributed by atoms with van der Waals surface area (Å²) in [6.07, 6.45) is 1.57. The van der Waals surface area contributed by atoms with Crippen molar-refractivity contribution < 1.29 is 17.2 Å². The molecule has 5 nitrogen and oxygen atoms in total. The van der Waals surface area contributed by atoms with Crippen molar-refractivity contribution in [2.24, 2.45) is 0 Å². The highest BCUT2D eigenvalue weighted by atomic mass is 32.2. The van der Waals surface area contributed by atoms with Crippen LogP contribution in [0.25, 0.3) is 11.3 Å². The van der Waals surface area contributed by atoms with Gasteiger partial charge in [-0.2, -0.15) is 5.10 Å². The predicted octanol–water partition coefficient (Wildman–Crippen LogP) is 3.69. The van der Waals surface area contributed by atoms with Gasteiger partial charge in [0.15, 0.2) is 11.6 Å². The number of anilines is 1. The van der Waals surface area contributed by atoms with Gasteiger partial charge < -0.3 is 0 Å². The molecule has 0 amide bonds. The number of fused-ring (bicyclic) bond motifs is 3. The minimum atomic E-state index is -3.91. The molecule has 0 spiro atoms. The number of aromatic amines is 1. The van der Waals surface area contributed by atoms with Crippen molar-refractivity contribution in [3.05, 3.63) is 53.0 Å². The molecule has 1 aliphatic rings. The number of aromatic nitrogens is 2. The summed E-state index contributed by atoms with van der Waals surface area (Å²) in [4.78, 5) is 0. The number of nitrogens with zero attached hydrogens (tertiary/aromatic N) is 2. The first kappa shape index (κ1) is 15.3. The van der Waals surface area contributed by atoms with Gasteiger partial charge in [0.1, 0.15) is 4.21 Å². The van der Waals surface area contributed by atoms with Crippen LogP contribution in [0.5, 0.6) is 0 Å². The number of benzene rings is 1. The zero-order valence-electron chi connectivity index (χ0n) is 12.3. The van der Waals surface area contributed by atoms with E-state index in [1.165, 1.54) is 6.07 Å². The molecule has 0 fully saturated rings. The predicted molar refractivity (Wildman–Crippen MR) is 86.3 cm³/mol. The second kappa shape index (κ2) is 5.12. The van der Waals surface area contributed by atoms with E-state index in [1.807, 2.05) is 0 Å². The molecule has 0 bridgehead atoms. The lowest BCUT2D eigenvalue weighted by Crippen LogP contribution is -2.36. The summed E-state index contributed by atoms with van der Waals surface area (Å²) in [5.41, 5.74) is 1.35. The molecular weight excluding hydrogens is 356 g/mol. The van der Waals surface area contributed by atoms with Gasteiger partial charge in [0, 0.05) is 23.4 Å². The fraction of sp³-hybridized carbons (Fsp3) is 0.133. The van der Waals surface area contributed by atoms with E-state index in [0.29, 0.717) is 11.3 Å². The normalized spacial score (nSPS) is 16.8. The van der Waals surface area contributed by atoms with Gasteiger partial charge in [0.25, 0.3) is 10.0 Å². The summed E-state index contributed by atoms with van der Waals surface area (Å²) in [5.74, 6) is -2.16. The lowest BCUT2D eigenvalue weighted by molar-refractivity contribution is 0.508. The van der Waals surface area contributed by atoms with E-state index < -0.39 is 27.7 Å². The van der Waals surface area contributed by atoms with Gasteiger partial charge in [-0.3, -0.25) is 9.40 Å². The van der Waals surface area contributed by atoms with Crippen LogP contribution in [0.15, 0.2) is 40.1 Å². The molecule has 0 aliphatic carbocycles. The van der Waals surface area contributed by atoms with Crippen molar-refractivity contribution in [2.75, 3.05) is 4.31 Å². The van der Waals surface area contributed by atoms with E-state index in [1.54, 1.807) is 24.6 Å². The Labute approximate surface area is 140 Å². The van der Waals surface area contributed by atoms with Gasteiger partial charge in [-0.25, -0.2) is 17.2 Å². The first-order valence-electron chi connectivity index (χ1n) is 7.02. The third kappa shape index (κ3) is 2.01. The van der Waals surface area contributed by atoms with Gasteiger partial charge in [0.2, 0.25) is 0 Å². The van der Waals surface area contributed by atoms with Gasteiger partial charge in [-0.05, 0) is 24.4 Å². The highest BCUT2D eigenvalue weighted by molar-refractivity contribution is 7.94. The van der Waals surface area contributed by atoms with Crippen LogP contribution in [0.4, 0.5) is 14.5 Å². The van der Waals surface area contributed by atoms with Gasteiger partial charge in [-0.1, -0.05) is 6.07 Å². The highest BCUT2D eigenvalue weighted by Crippen LogP contribution is 2.47. The average molecular weight is 367 g/mol. The van der Waals surface area contributed by atoms with Crippen molar-refractivity contribution in [3.63, 3.8) is 0 Å². The van der Waals surface area contributed by atoms with E-state index in [-0.39, 0.29) is 15.5 Å². The molecule has 124 valence electrons. The van der Waals surface area contributed by atoms with Crippen molar-refractivity contribution in [2.45, 2.75) is 17.2 Å². The molecule has 1 aromatic carbocycles. The van der Waals surface area contributed by atoms with Crippen molar-refractivity contribution in [1.82, 2.24) is 10.2 Å². The zero-order chi connectivity index (χ0) is 17.1. The van der Waals surface area contributed by atoms with Gasteiger partial charge in [0.05, 0.1) is 17.4 Å². The fourth-order valence-electron chi connectivity index (χ4n) is 2.92. The van der Waals surface area contributed by atoms with Crippen molar-refractivity contribution in [3.8, 4) is 11.3 Å². The molecular formula is C15H11F2N3O2S2. The monoisotopic (exact) mass is 367 g/mol. The molecule has 0 saturated heterocycles. The standard InChI is InChI=1S/C15H11F2N3O2S2/c1-8-10-7-18-19-15(10)9-5-11(16)12(17)6-13(9)20(8)24(21,22)14-3-2-4-23-14/h2-8H,1H3,(H,18,19). The Morgan fingerprint density at radius 3 is 2.75 bits per heavy atom. The lowest BCUT2D eigenvalue weighted by atomic mass is 9.97. The molecule has 24 heavy (non-hydrogen) atoms. The molecule has 3 heterocycles. The average Bonchev–Trinajstić information content (AvgIpc) is 3.20. The van der Waals surface area contributed by atoms with Crippen LogP contribution in [0, 0.1) is 11.6 Å². The summed E-state index contributed by atoms with van der Waals surface area (Å²) in [6.45, 7) is 1.68. The number of nitrogens with one attached hydrogen (secondary N) is 1. The maximum atomic E-state index is 13.8. The van der Waals surface area contributed by atoms with Crippen LogP contribution >= 0.6 is 11.3 Å². The lowest BCUT2D eigenvalue weighted by Gasteiger charge is -2.35. The number of thiophene rings is 1. The first-order chi connectivity index (χ1) is 11.4. The maximum absolute atomic E-state index is 13.8. The molecule has 0 radical (unpaired) electrons. The number of hydrogen-bond acceptors (Lipinski definition) is 4. The van der Waals surface area contributed by atoms with Crippen LogP contribution in [0.2, 0.25) is 0 Å². The quantitative estimate of drug-likeness (QED) is 0.751. The van der Waals surface area contributed by atoms with Crippen molar-refractivity contribution >= 4 is 27.0 Å². The number of hydrogen-bond donors (Lipinski definition) is 1. The Bertz CT molecular complexity index is 1030. The summed E-state index contributed by atoms with van der Waals surface area (Å²) in [7, 11) is -3.91. The minimum Gasteiger partial charge on any atom is -0.285 e. The van der Waals surface area contributed by atoms with Gasteiger partial charge >= 0.3 is 0 Å². The van der Waals surface area contributed by atoms with Gasteiger partial charge in [-0.15, -0.1) is 11.3 Å². The molecule has 4 rings (SSSR count). The molecule has 1 atom stereocenters. The SMILES string of the molecule is CC1c2c[nH]nc2-c2cc(F)c(F)cc2N1S(=O)(=O)c1cccs1. The van der Waals surface area contributed by atoms with E-state index >= 15 is 0 Å². The molecule has 1 unspecified atom stereocenters. The number of halogens is 2. The minimum absolute atomic E-state index is 0.0781. The van der Waals surface area contributed by atoms with Crippen LogP contribution in [-0.4, -0.2) is 18.6 Å². The Kier molecular flexibility index (Phi) is 3.26. The number of rotatable bonds is 2.